The molecule has 1 heterocycles. The van der Waals surface area contributed by atoms with Crippen molar-refractivity contribution in [1.82, 2.24) is 5.32 Å². The summed E-state index contributed by atoms with van der Waals surface area (Å²) in [6.45, 7) is 8.02. The second-order valence-electron chi connectivity index (χ2n) is 5.33. The van der Waals surface area contributed by atoms with Gasteiger partial charge in [0.05, 0.1) is 6.54 Å². The van der Waals surface area contributed by atoms with Crippen molar-refractivity contribution in [2.24, 2.45) is 10.7 Å². The summed E-state index contributed by atoms with van der Waals surface area (Å²) >= 11 is 1.51. The van der Waals surface area contributed by atoms with E-state index in [2.05, 4.69) is 10.3 Å². The molecule has 0 amide bonds. The largest absolute Gasteiger partial charge is 0.383 e. The zero-order chi connectivity index (χ0) is 13.1. The highest BCUT2D eigenvalue weighted by Gasteiger charge is 2.24. The van der Waals surface area contributed by atoms with E-state index in [-0.39, 0.29) is 36.1 Å². The lowest BCUT2D eigenvalue weighted by atomic mass is 10.1. The van der Waals surface area contributed by atoms with Crippen molar-refractivity contribution in [2.75, 3.05) is 6.54 Å². The van der Waals surface area contributed by atoms with Crippen LogP contribution in [0.1, 0.15) is 32.6 Å². The molecule has 6 heteroatoms. The highest BCUT2D eigenvalue weighted by Crippen LogP contribution is 2.25. The first kappa shape index (κ1) is 17.7. The summed E-state index contributed by atoms with van der Waals surface area (Å²) < 4.78 is 0. The minimum absolute atomic E-state index is 0. The fraction of sp³-hybridized carbons (Fsp3) is 0.583. The van der Waals surface area contributed by atoms with Crippen molar-refractivity contribution in [3.05, 3.63) is 22.4 Å². The summed E-state index contributed by atoms with van der Waals surface area (Å²) in [4.78, 5) is 5.07. The lowest BCUT2D eigenvalue weighted by Gasteiger charge is -2.23. The van der Waals surface area contributed by atoms with E-state index in [1.54, 1.807) is 6.92 Å². The van der Waals surface area contributed by atoms with Gasteiger partial charge in [0.25, 0.3) is 0 Å². The van der Waals surface area contributed by atoms with Crippen LogP contribution in [0.3, 0.4) is 0 Å². The number of nitrogens with zero attached hydrogens (tertiary/aromatic N) is 1. The molecule has 1 rings (SSSR count). The summed E-state index contributed by atoms with van der Waals surface area (Å²) in [5.41, 5.74) is 4.67. The van der Waals surface area contributed by atoms with Crippen LogP contribution in [0, 0.1) is 0 Å². The van der Waals surface area contributed by atoms with Crippen LogP contribution in [0.4, 0.5) is 0 Å². The molecule has 4 N–H and O–H groups in total. The van der Waals surface area contributed by atoms with Crippen LogP contribution < -0.4 is 11.1 Å². The number of aliphatic hydroxyl groups is 1. The Morgan fingerprint density at radius 2 is 2.06 bits per heavy atom. The molecule has 1 aromatic rings. The molecule has 0 aromatic carbocycles. The quantitative estimate of drug-likeness (QED) is 0.426. The predicted molar refractivity (Wildman–Crippen MR) is 88.7 cm³/mol. The number of halogens is 1. The lowest BCUT2D eigenvalue weighted by molar-refractivity contribution is 0.0711. The zero-order valence-corrected chi connectivity index (χ0v) is 14.4. The Morgan fingerprint density at radius 1 is 1.44 bits per heavy atom. The molecule has 0 saturated carbocycles. The SMILES string of the molecule is CC(C)(C)NC(N)=NCC(C)(O)c1cccs1.I. The monoisotopic (exact) mass is 383 g/mol. The molecule has 1 unspecified atom stereocenters. The Balaban J connectivity index is 0.00000289. The second-order valence-corrected chi connectivity index (χ2v) is 6.28. The van der Waals surface area contributed by atoms with Crippen LogP contribution in [-0.2, 0) is 5.60 Å². The van der Waals surface area contributed by atoms with Crippen molar-refractivity contribution in [2.45, 2.75) is 38.8 Å². The maximum Gasteiger partial charge on any atom is 0.189 e. The number of hydrogen-bond donors (Lipinski definition) is 3. The summed E-state index contributed by atoms with van der Waals surface area (Å²) in [5, 5.41) is 15.2. The number of guanidine groups is 1. The molecule has 1 aromatic heterocycles. The average Bonchev–Trinajstić information content (AvgIpc) is 2.65. The molecule has 4 nitrogen and oxygen atoms in total. The summed E-state index contributed by atoms with van der Waals surface area (Å²) in [5.74, 6) is 0.356. The van der Waals surface area contributed by atoms with Crippen molar-refractivity contribution < 1.29 is 5.11 Å². The Kier molecular flexibility index (Phi) is 6.59. The van der Waals surface area contributed by atoms with Crippen molar-refractivity contribution in [3.8, 4) is 0 Å². The number of aliphatic imine (C=N–C) groups is 1. The first-order valence-electron chi connectivity index (χ1n) is 5.55. The van der Waals surface area contributed by atoms with E-state index in [4.69, 9.17) is 5.73 Å². The first-order valence-corrected chi connectivity index (χ1v) is 6.43. The van der Waals surface area contributed by atoms with E-state index < -0.39 is 5.60 Å². The van der Waals surface area contributed by atoms with E-state index >= 15 is 0 Å². The molecule has 0 bridgehead atoms. The van der Waals surface area contributed by atoms with Crippen molar-refractivity contribution >= 4 is 41.3 Å². The molecule has 0 aliphatic carbocycles. The minimum atomic E-state index is -0.960. The van der Waals surface area contributed by atoms with Gasteiger partial charge in [-0.05, 0) is 39.1 Å². The molecule has 0 aliphatic rings. The second kappa shape index (κ2) is 6.72. The van der Waals surface area contributed by atoms with Crippen LogP contribution in [0.15, 0.2) is 22.5 Å². The topological polar surface area (TPSA) is 70.6 Å². The van der Waals surface area contributed by atoms with Gasteiger partial charge in [-0.25, -0.2) is 0 Å². The Bertz CT molecular complexity index is 383. The number of nitrogens with one attached hydrogen (secondary N) is 1. The Labute approximate surface area is 130 Å². The first-order chi connectivity index (χ1) is 7.71. The number of thiophene rings is 1. The molecule has 0 fully saturated rings. The molecule has 1 atom stereocenters. The van der Waals surface area contributed by atoms with Crippen LogP contribution in [0.2, 0.25) is 0 Å². The molecule has 0 radical (unpaired) electrons. The van der Waals surface area contributed by atoms with E-state index in [1.807, 2.05) is 38.3 Å². The molecule has 0 aliphatic heterocycles. The maximum absolute atomic E-state index is 10.2. The Hall–Kier alpha value is -0.340. The standard InChI is InChI=1S/C12H21N3OS.HI/c1-11(2,3)15-10(13)14-8-12(4,16)9-6-5-7-17-9;/h5-7,16H,8H2,1-4H3,(H3,13,14,15);1H. The fourth-order valence-corrected chi connectivity index (χ4v) is 2.11. The zero-order valence-electron chi connectivity index (χ0n) is 11.2. The van der Waals surface area contributed by atoms with Crippen LogP contribution >= 0.6 is 35.3 Å². The van der Waals surface area contributed by atoms with E-state index in [0.717, 1.165) is 4.88 Å². The lowest BCUT2D eigenvalue weighted by Crippen LogP contribution is -2.45. The summed E-state index contributed by atoms with van der Waals surface area (Å²) in [7, 11) is 0. The van der Waals surface area contributed by atoms with Gasteiger partial charge >= 0.3 is 0 Å². The van der Waals surface area contributed by atoms with Crippen molar-refractivity contribution in [3.63, 3.8) is 0 Å². The molecule has 0 saturated heterocycles. The highest BCUT2D eigenvalue weighted by atomic mass is 127. The number of nitrogens with two attached hydrogens (primary N) is 1. The van der Waals surface area contributed by atoms with Gasteiger partial charge in [0, 0.05) is 10.4 Å². The Morgan fingerprint density at radius 3 is 2.50 bits per heavy atom. The van der Waals surface area contributed by atoms with Gasteiger partial charge in [-0.3, -0.25) is 4.99 Å². The van der Waals surface area contributed by atoms with Gasteiger partial charge in [-0.1, -0.05) is 6.07 Å². The smallest absolute Gasteiger partial charge is 0.189 e. The van der Waals surface area contributed by atoms with Gasteiger partial charge < -0.3 is 16.2 Å². The molecular formula is C12H22IN3OS. The predicted octanol–water partition coefficient (Wildman–Crippen LogP) is 2.28. The van der Waals surface area contributed by atoms with Crippen LogP contribution in [0.25, 0.3) is 0 Å². The highest BCUT2D eigenvalue weighted by molar-refractivity contribution is 14.0. The summed E-state index contributed by atoms with van der Waals surface area (Å²) in [6.07, 6.45) is 0. The maximum atomic E-state index is 10.2. The van der Waals surface area contributed by atoms with Crippen LogP contribution in [0.5, 0.6) is 0 Å². The minimum Gasteiger partial charge on any atom is -0.383 e. The van der Waals surface area contributed by atoms with Gasteiger partial charge in [0.1, 0.15) is 5.60 Å². The number of hydrogen-bond acceptors (Lipinski definition) is 3. The van der Waals surface area contributed by atoms with E-state index in [1.165, 1.54) is 11.3 Å². The van der Waals surface area contributed by atoms with Gasteiger partial charge in [0.15, 0.2) is 5.96 Å². The van der Waals surface area contributed by atoms with Gasteiger partial charge in [-0.2, -0.15) is 0 Å². The van der Waals surface area contributed by atoms with Crippen LogP contribution in [-0.4, -0.2) is 23.1 Å². The molecular weight excluding hydrogens is 361 g/mol. The summed E-state index contributed by atoms with van der Waals surface area (Å²) in [6, 6.07) is 3.81. The molecule has 0 spiro atoms. The fourth-order valence-electron chi connectivity index (χ4n) is 1.33. The number of rotatable bonds is 3. The van der Waals surface area contributed by atoms with E-state index in [0.29, 0.717) is 5.96 Å². The van der Waals surface area contributed by atoms with Gasteiger partial charge in [-0.15, -0.1) is 35.3 Å². The normalized spacial score (nSPS) is 15.7. The van der Waals surface area contributed by atoms with E-state index in [9.17, 15) is 5.11 Å². The third-order valence-corrected chi connectivity index (χ3v) is 3.24. The molecule has 104 valence electrons. The average molecular weight is 383 g/mol. The third kappa shape index (κ3) is 6.01. The third-order valence-electron chi connectivity index (χ3n) is 2.11. The van der Waals surface area contributed by atoms with Gasteiger partial charge in [0.2, 0.25) is 0 Å². The molecule has 18 heavy (non-hydrogen) atoms. The van der Waals surface area contributed by atoms with Crippen molar-refractivity contribution in [1.29, 1.82) is 0 Å².